The summed E-state index contributed by atoms with van der Waals surface area (Å²) >= 11 is 0. The molecule has 2 nitrogen and oxygen atoms in total. The van der Waals surface area contributed by atoms with Gasteiger partial charge in [0.25, 0.3) is 0 Å². The van der Waals surface area contributed by atoms with E-state index in [0.29, 0.717) is 24.1 Å². The summed E-state index contributed by atoms with van der Waals surface area (Å²) in [4.78, 5) is 2.25. The van der Waals surface area contributed by atoms with Gasteiger partial charge in [-0.1, -0.05) is 51.5 Å². The summed E-state index contributed by atoms with van der Waals surface area (Å²) in [5, 5.41) is 8.89. The van der Waals surface area contributed by atoms with Crippen molar-refractivity contribution in [2.24, 2.45) is 5.41 Å². The molecule has 0 aromatic rings. The van der Waals surface area contributed by atoms with Gasteiger partial charge in [-0.05, 0) is 48.6 Å². The Kier molecular flexibility index (Phi) is 7.61. The summed E-state index contributed by atoms with van der Waals surface area (Å²) in [6.45, 7) is 19.6. The molecule has 0 N–H and O–H groups in total. The average Bonchev–Trinajstić information content (AvgIpc) is 2.54. The van der Waals surface area contributed by atoms with Gasteiger partial charge in [-0.15, -0.1) is 0 Å². The van der Waals surface area contributed by atoms with Crippen molar-refractivity contribution >= 4 is 0 Å². The summed E-state index contributed by atoms with van der Waals surface area (Å²) in [5.41, 5.74) is 1.59. The van der Waals surface area contributed by atoms with E-state index in [4.69, 9.17) is 5.26 Å². The second-order valence-electron chi connectivity index (χ2n) is 6.67. The Balaban J connectivity index is 2.56. The maximum Gasteiger partial charge on any atom is 0.130 e. The summed E-state index contributed by atoms with van der Waals surface area (Å²) in [5.74, 6) is -0.412. The van der Waals surface area contributed by atoms with E-state index in [9.17, 15) is 4.39 Å². The van der Waals surface area contributed by atoms with Crippen LogP contribution >= 0.6 is 0 Å². The molecule has 1 aliphatic heterocycles. The maximum atomic E-state index is 14.2. The Labute approximate surface area is 145 Å². The first-order chi connectivity index (χ1) is 11.3. The van der Waals surface area contributed by atoms with E-state index in [2.05, 4.69) is 44.2 Å². The van der Waals surface area contributed by atoms with Crippen LogP contribution in [0.5, 0.6) is 0 Å². The van der Waals surface area contributed by atoms with Gasteiger partial charge < -0.3 is 0 Å². The van der Waals surface area contributed by atoms with E-state index >= 15 is 0 Å². The summed E-state index contributed by atoms with van der Waals surface area (Å²) in [7, 11) is 0. The molecule has 0 aliphatic carbocycles. The topological polar surface area (TPSA) is 27.0 Å². The van der Waals surface area contributed by atoms with Crippen LogP contribution in [0.25, 0.3) is 0 Å². The number of rotatable bonds is 8. The highest BCUT2D eigenvalue weighted by Crippen LogP contribution is 2.34. The fraction of sp³-hybridized carbons (Fsp3) is 0.381. The van der Waals surface area contributed by atoms with Gasteiger partial charge in [0.15, 0.2) is 0 Å². The number of likely N-dealkylation sites (tertiary alicyclic amines) is 1. The first kappa shape index (κ1) is 19.9. The lowest BCUT2D eigenvalue weighted by molar-refractivity contribution is 0.130. The van der Waals surface area contributed by atoms with Gasteiger partial charge in [-0.3, -0.25) is 4.90 Å². The number of nitrogens with zero attached hydrogens (tertiary/aromatic N) is 2. The molecule has 1 aliphatic rings. The maximum absolute atomic E-state index is 14.2. The Bertz CT molecular complexity index is 608. The third-order valence-corrected chi connectivity index (χ3v) is 4.44. The third-order valence-electron chi connectivity index (χ3n) is 4.44. The first-order valence-corrected chi connectivity index (χ1v) is 8.13. The number of nitriles is 1. The molecule has 0 saturated carbocycles. The van der Waals surface area contributed by atoms with Crippen LogP contribution in [0.1, 0.15) is 26.2 Å². The largest absolute Gasteiger partial charge is 0.299 e. The molecule has 0 atom stereocenters. The molecule has 1 heterocycles. The SMILES string of the molecule is C=C/C=C\C(=C)C(=C)/C(F)=C\C(=C)CN1CCC(C)(CC#N)CC1. The van der Waals surface area contributed by atoms with Gasteiger partial charge in [-0.25, -0.2) is 4.39 Å². The zero-order valence-corrected chi connectivity index (χ0v) is 14.7. The molecule has 1 fully saturated rings. The van der Waals surface area contributed by atoms with Crippen LogP contribution in [0.2, 0.25) is 0 Å². The van der Waals surface area contributed by atoms with Crippen molar-refractivity contribution in [3.63, 3.8) is 0 Å². The van der Waals surface area contributed by atoms with Crippen molar-refractivity contribution in [3.05, 3.63) is 73.2 Å². The molecule has 24 heavy (non-hydrogen) atoms. The number of piperidine rings is 1. The molecule has 0 aromatic heterocycles. The molecule has 0 radical (unpaired) electrons. The highest BCUT2D eigenvalue weighted by Gasteiger charge is 2.29. The number of hydrogen-bond acceptors (Lipinski definition) is 2. The zero-order valence-electron chi connectivity index (χ0n) is 14.7. The minimum absolute atomic E-state index is 0.108. The van der Waals surface area contributed by atoms with E-state index in [1.54, 1.807) is 18.2 Å². The van der Waals surface area contributed by atoms with E-state index in [1.807, 2.05) is 0 Å². The number of hydrogen-bond donors (Lipinski definition) is 0. The van der Waals surface area contributed by atoms with Crippen molar-refractivity contribution < 1.29 is 4.39 Å². The van der Waals surface area contributed by atoms with Crippen LogP contribution in [0.4, 0.5) is 4.39 Å². The highest BCUT2D eigenvalue weighted by molar-refractivity contribution is 5.48. The average molecular weight is 326 g/mol. The van der Waals surface area contributed by atoms with Gasteiger partial charge >= 0.3 is 0 Å². The molecule has 0 amide bonds. The monoisotopic (exact) mass is 326 g/mol. The van der Waals surface area contributed by atoms with Crippen LogP contribution in [-0.4, -0.2) is 24.5 Å². The Morgan fingerprint density at radius 3 is 2.46 bits per heavy atom. The van der Waals surface area contributed by atoms with Crippen LogP contribution in [0.15, 0.2) is 73.2 Å². The summed E-state index contributed by atoms with van der Waals surface area (Å²) < 4.78 is 14.2. The van der Waals surface area contributed by atoms with E-state index in [1.165, 1.54) is 6.08 Å². The highest BCUT2D eigenvalue weighted by atomic mass is 19.1. The molecule has 128 valence electrons. The predicted molar refractivity (Wildman–Crippen MR) is 100.0 cm³/mol. The number of halogens is 1. The molecule has 0 unspecified atom stereocenters. The lowest BCUT2D eigenvalue weighted by Gasteiger charge is -2.38. The summed E-state index contributed by atoms with van der Waals surface area (Å²) in [6, 6.07) is 2.27. The lowest BCUT2D eigenvalue weighted by atomic mass is 9.78. The van der Waals surface area contributed by atoms with Crippen LogP contribution < -0.4 is 0 Å². The van der Waals surface area contributed by atoms with Crippen molar-refractivity contribution in [2.75, 3.05) is 19.6 Å². The fourth-order valence-electron chi connectivity index (χ4n) is 2.66. The smallest absolute Gasteiger partial charge is 0.130 e. The van der Waals surface area contributed by atoms with Crippen LogP contribution in [-0.2, 0) is 0 Å². The molecular formula is C21H27FN2. The first-order valence-electron chi connectivity index (χ1n) is 8.13. The lowest BCUT2D eigenvalue weighted by Crippen LogP contribution is -2.39. The van der Waals surface area contributed by atoms with Crippen molar-refractivity contribution in [3.8, 4) is 6.07 Å². The molecule has 0 spiro atoms. The van der Waals surface area contributed by atoms with Gasteiger partial charge in [0, 0.05) is 18.5 Å². The zero-order chi connectivity index (χ0) is 18.2. The second kappa shape index (κ2) is 9.20. The van der Waals surface area contributed by atoms with Crippen molar-refractivity contribution in [2.45, 2.75) is 26.2 Å². The van der Waals surface area contributed by atoms with E-state index in [-0.39, 0.29) is 11.0 Å². The summed E-state index contributed by atoms with van der Waals surface area (Å²) in [6.07, 6.45) is 8.96. The van der Waals surface area contributed by atoms with Crippen molar-refractivity contribution in [1.29, 1.82) is 5.26 Å². The van der Waals surface area contributed by atoms with Gasteiger partial charge in [0.2, 0.25) is 0 Å². The second-order valence-corrected chi connectivity index (χ2v) is 6.67. The molecule has 0 bridgehead atoms. The number of allylic oxidation sites excluding steroid dienone is 6. The van der Waals surface area contributed by atoms with E-state index in [0.717, 1.165) is 25.9 Å². The minimum Gasteiger partial charge on any atom is -0.299 e. The molecule has 1 rings (SSSR count). The van der Waals surface area contributed by atoms with Crippen molar-refractivity contribution in [1.82, 2.24) is 4.90 Å². The minimum atomic E-state index is -0.412. The quantitative estimate of drug-likeness (QED) is 0.568. The fourth-order valence-corrected chi connectivity index (χ4v) is 2.66. The third kappa shape index (κ3) is 6.14. The van der Waals surface area contributed by atoms with Gasteiger partial charge in [-0.2, -0.15) is 5.26 Å². The Morgan fingerprint density at radius 2 is 1.92 bits per heavy atom. The Hall–Kier alpha value is -2.18. The molecular weight excluding hydrogens is 299 g/mol. The van der Waals surface area contributed by atoms with Gasteiger partial charge in [0.1, 0.15) is 5.83 Å². The molecule has 3 heteroatoms. The van der Waals surface area contributed by atoms with Gasteiger partial charge in [0.05, 0.1) is 6.07 Å². The molecule has 1 saturated heterocycles. The normalized spacial score (nSPS) is 18.1. The van der Waals surface area contributed by atoms with E-state index < -0.39 is 5.83 Å². The Morgan fingerprint density at radius 1 is 1.29 bits per heavy atom. The predicted octanol–water partition coefficient (Wildman–Crippen LogP) is 5.27. The molecule has 0 aromatic carbocycles. The standard InChI is InChI=1S/C21H27FN2/c1-6-7-8-18(3)19(4)20(22)15-17(2)16-24-13-10-21(5,9-12-23)11-14-24/h6-8,15H,1-4,9-11,13-14,16H2,5H3/b8-7-,20-15+. The van der Waals surface area contributed by atoms with Crippen LogP contribution in [0.3, 0.4) is 0 Å². The van der Waals surface area contributed by atoms with Crippen LogP contribution in [0, 0.1) is 16.7 Å².